The number of carbonyl (C=O) groups excluding carboxylic acids is 6. The van der Waals surface area contributed by atoms with E-state index in [0.29, 0.717) is 25.8 Å². The van der Waals surface area contributed by atoms with Crippen LogP contribution in [0.2, 0.25) is 0 Å². The average molecular weight is 844 g/mol. The van der Waals surface area contributed by atoms with Gasteiger partial charge in [0.2, 0.25) is 17.7 Å². The minimum Gasteiger partial charge on any atom is -0.368 e. The van der Waals surface area contributed by atoms with E-state index in [9.17, 15) is 28.8 Å². The summed E-state index contributed by atoms with van der Waals surface area (Å²) in [6.45, 7) is 2.37. The molecule has 1 aliphatic heterocycles. The Hall–Kier alpha value is -6.58. The Morgan fingerprint density at radius 1 is 0.710 bits per heavy atom. The maximum atomic E-state index is 14.6. The van der Waals surface area contributed by atoms with Crippen LogP contribution in [-0.4, -0.2) is 93.0 Å². The minimum atomic E-state index is -1.09. The van der Waals surface area contributed by atoms with E-state index < -0.39 is 59.5 Å². The lowest BCUT2D eigenvalue weighted by Crippen LogP contribution is -2.53. The van der Waals surface area contributed by atoms with Crippen molar-refractivity contribution < 1.29 is 28.8 Å². The number of H-pyrrole nitrogens is 2. The Bertz CT molecular complexity index is 2390. The Morgan fingerprint density at radius 2 is 1.31 bits per heavy atom. The summed E-state index contributed by atoms with van der Waals surface area (Å²) in [5, 5.41) is 8.56. The largest absolute Gasteiger partial charge is 0.368 e. The molecule has 5 amide bonds. The van der Waals surface area contributed by atoms with Crippen molar-refractivity contribution >= 4 is 57.1 Å². The zero-order chi connectivity index (χ0) is 44.2. The van der Waals surface area contributed by atoms with Crippen LogP contribution in [0.1, 0.15) is 55.7 Å². The van der Waals surface area contributed by atoms with E-state index in [0.717, 1.165) is 43.5 Å². The second-order valence-corrected chi connectivity index (χ2v) is 16.1. The fraction of sp³-hybridized carbons (Fsp3) is 0.362. The van der Waals surface area contributed by atoms with Crippen LogP contribution in [0.4, 0.5) is 4.79 Å². The first-order chi connectivity index (χ1) is 29.9. The van der Waals surface area contributed by atoms with Gasteiger partial charge in [-0.1, -0.05) is 85.8 Å². The molecule has 326 valence electrons. The number of nitrogens with zero attached hydrogens (tertiary/aromatic N) is 2. The predicted molar refractivity (Wildman–Crippen MR) is 238 cm³/mol. The van der Waals surface area contributed by atoms with E-state index in [-0.39, 0.29) is 51.0 Å². The number of fused-ring (bicyclic) bond motifs is 2. The van der Waals surface area contributed by atoms with Gasteiger partial charge in [0, 0.05) is 78.3 Å². The molecule has 10 N–H and O–H groups in total. The van der Waals surface area contributed by atoms with Crippen LogP contribution in [0, 0.1) is 11.8 Å². The molecule has 3 aromatic carbocycles. The van der Waals surface area contributed by atoms with Crippen LogP contribution < -0.4 is 27.9 Å². The summed E-state index contributed by atoms with van der Waals surface area (Å²) in [4.78, 5) is 91.0. The highest BCUT2D eigenvalue weighted by molar-refractivity contribution is 5.97. The number of unbranched alkanes of at least 4 members (excludes halogenated alkanes) is 1. The number of urea groups is 1. The number of carbonyl (C=O) groups is 6. The van der Waals surface area contributed by atoms with Crippen LogP contribution in [0.25, 0.3) is 21.8 Å². The molecular weight excluding hydrogens is 787 g/mol. The number of ketones is 2. The van der Waals surface area contributed by atoms with E-state index in [4.69, 9.17) is 17.3 Å². The number of benzene rings is 3. The number of hydrogen-bond acceptors (Lipinski definition) is 8. The second kappa shape index (κ2) is 21.3. The van der Waals surface area contributed by atoms with Crippen molar-refractivity contribution in [3.05, 3.63) is 120 Å². The van der Waals surface area contributed by atoms with Gasteiger partial charge in [-0.2, -0.15) is 0 Å². The summed E-state index contributed by atoms with van der Waals surface area (Å²) in [5.41, 5.74) is 15.5. The standard InChI is InChI=1S/C47H57N9O6/c1-30(23-43(58)41(55-21-11-12-22-56(50)47(55)62)26-34-29-52-38-18-8-6-16-36(34)38)45(60)54-40(25-33-28-51-37-17-7-5-15-35(33)37)42(57)27-32(24-31-13-3-2-4-14-31)46(61)53-39(44(49)59)19-9-10-20-48/h2-8,11-18,28-30,32,39-41,51-52H,9-10,19-27,48,50H2,1H3,(H2,49,59)(H,53,61)(H,54,60)/t30-,32+,39+,40+,41-/m1/s1. The van der Waals surface area contributed by atoms with Crippen LogP contribution in [0.3, 0.4) is 0 Å². The molecule has 6 rings (SSSR count). The summed E-state index contributed by atoms with van der Waals surface area (Å²) in [6, 6.07) is 21.0. The van der Waals surface area contributed by atoms with Crippen molar-refractivity contribution in [2.45, 2.75) is 76.4 Å². The van der Waals surface area contributed by atoms with Crippen molar-refractivity contribution in [2.24, 2.45) is 29.1 Å². The number of para-hydroxylation sites is 2. The molecule has 15 heteroatoms. The molecule has 0 fully saturated rings. The number of nitrogens with two attached hydrogens (primary N) is 3. The minimum absolute atomic E-state index is 0.0993. The lowest BCUT2D eigenvalue weighted by Gasteiger charge is -2.32. The number of hydrogen-bond donors (Lipinski definition) is 7. The third kappa shape index (κ3) is 11.4. The van der Waals surface area contributed by atoms with Gasteiger partial charge in [0.25, 0.3) is 0 Å². The smallest absolute Gasteiger partial charge is 0.335 e. The van der Waals surface area contributed by atoms with E-state index >= 15 is 0 Å². The Kier molecular flexibility index (Phi) is 15.4. The SMILES string of the molecule is C[C@H](CC(=O)[C@@H](Cc1c[nH]c2ccccc12)N1CC=CCN(N)C1=O)C(=O)N[C@@H](Cc1c[nH]c2ccccc12)C(=O)C[C@H](Cc1ccccc1)C(=O)N[C@@H](CCCCN)C(N)=O. The zero-order valence-electron chi connectivity index (χ0n) is 35.1. The summed E-state index contributed by atoms with van der Waals surface area (Å²) >= 11 is 0. The molecule has 0 radical (unpaired) electrons. The van der Waals surface area contributed by atoms with Crippen molar-refractivity contribution in [3.8, 4) is 0 Å². The third-order valence-corrected chi connectivity index (χ3v) is 11.6. The van der Waals surface area contributed by atoms with Gasteiger partial charge in [-0.15, -0.1) is 0 Å². The summed E-state index contributed by atoms with van der Waals surface area (Å²) < 4.78 is 0. The van der Waals surface area contributed by atoms with Gasteiger partial charge in [-0.05, 0) is 61.1 Å². The Morgan fingerprint density at radius 3 is 1.95 bits per heavy atom. The van der Waals surface area contributed by atoms with Gasteiger partial charge < -0.3 is 37.0 Å². The van der Waals surface area contributed by atoms with Crippen molar-refractivity contribution in [1.29, 1.82) is 0 Å². The molecule has 3 heterocycles. The first kappa shape index (κ1) is 45.0. The molecule has 2 aromatic heterocycles. The number of hydrazine groups is 1. The van der Waals surface area contributed by atoms with Gasteiger partial charge in [0.05, 0.1) is 18.6 Å². The summed E-state index contributed by atoms with van der Waals surface area (Å²) in [6.07, 6.45) is 8.67. The quantitative estimate of drug-likeness (QED) is 0.0232. The highest BCUT2D eigenvalue weighted by Crippen LogP contribution is 2.25. The molecule has 15 nitrogen and oxygen atoms in total. The normalized spacial score (nSPS) is 15.4. The molecule has 0 saturated heterocycles. The summed E-state index contributed by atoms with van der Waals surface area (Å²) in [5.74, 6) is 1.78. The first-order valence-electron chi connectivity index (χ1n) is 21.2. The number of Topliss-reactive ketones (excluding diaryl/α,β-unsaturated/α-hetero) is 2. The zero-order valence-corrected chi connectivity index (χ0v) is 35.1. The molecule has 0 saturated carbocycles. The molecule has 62 heavy (non-hydrogen) atoms. The van der Waals surface area contributed by atoms with E-state index in [1.807, 2.05) is 85.1 Å². The Labute approximate surface area is 360 Å². The lowest BCUT2D eigenvalue weighted by molar-refractivity contribution is -0.135. The van der Waals surface area contributed by atoms with Crippen LogP contribution in [-0.2, 0) is 43.2 Å². The van der Waals surface area contributed by atoms with Crippen molar-refractivity contribution in [2.75, 3.05) is 19.6 Å². The van der Waals surface area contributed by atoms with Gasteiger partial charge in [0.1, 0.15) is 6.04 Å². The van der Waals surface area contributed by atoms with Crippen molar-refractivity contribution in [3.63, 3.8) is 0 Å². The van der Waals surface area contributed by atoms with Gasteiger partial charge >= 0.3 is 6.03 Å². The highest BCUT2D eigenvalue weighted by atomic mass is 16.2. The fourth-order valence-electron chi connectivity index (χ4n) is 8.08. The molecular formula is C47H57N9O6. The van der Waals surface area contributed by atoms with Crippen molar-refractivity contribution in [1.82, 2.24) is 30.5 Å². The highest BCUT2D eigenvalue weighted by Gasteiger charge is 2.36. The van der Waals surface area contributed by atoms with Crippen LogP contribution in [0.5, 0.6) is 0 Å². The second-order valence-electron chi connectivity index (χ2n) is 16.1. The Balaban J connectivity index is 1.24. The van der Waals surface area contributed by atoms with E-state index in [1.54, 1.807) is 25.3 Å². The number of nitrogens with one attached hydrogen (secondary N) is 4. The average Bonchev–Trinajstić information content (AvgIpc) is 3.83. The number of rotatable bonds is 22. The molecule has 0 spiro atoms. The van der Waals surface area contributed by atoms with Gasteiger partial charge in [-0.3, -0.25) is 29.0 Å². The number of primary amides is 1. The van der Waals surface area contributed by atoms with E-state index in [1.165, 1.54) is 4.90 Å². The lowest BCUT2D eigenvalue weighted by atomic mass is 9.88. The number of amides is 5. The predicted octanol–water partition coefficient (Wildman–Crippen LogP) is 3.97. The molecule has 0 aliphatic carbocycles. The van der Waals surface area contributed by atoms with Crippen LogP contribution in [0.15, 0.2) is 103 Å². The van der Waals surface area contributed by atoms with Gasteiger partial charge in [-0.25, -0.2) is 10.6 Å². The molecule has 1 aliphatic rings. The van der Waals surface area contributed by atoms with Gasteiger partial charge in [0.15, 0.2) is 11.6 Å². The van der Waals surface area contributed by atoms with Crippen LogP contribution >= 0.6 is 0 Å². The number of aromatic amines is 2. The molecule has 5 atom stereocenters. The number of aromatic nitrogens is 2. The third-order valence-electron chi connectivity index (χ3n) is 11.6. The summed E-state index contributed by atoms with van der Waals surface area (Å²) in [7, 11) is 0. The maximum absolute atomic E-state index is 14.6. The molecule has 5 aromatic rings. The topological polar surface area (TPSA) is 243 Å². The first-order valence-corrected chi connectivity index (χ1v) is 21.2. The maximum Gasteiger partial charge on any atom is 0.335 e. The molecule has 0 unspecified atom stereocenters. The monoisotopic (exact) mass is 843 g/mol. The van der Waals surface area contributed by atoms with E-state index in [2.05, 4.69) is 20.6 Å². The fourth-order valence-corrected chi connectivity index (χ4v) is 8.08. The molecule has 0 bridgehead atoms.